The normalized spacial score (nSPS) is 12.1. The maximum atomic E-state index is 12.2. The van der Waals surface area contributed by atoms with E-state index in [1.165, 1.54) is 12.1 Å². The van der Waals surface area contributed by atoms with Crippen LogP contribution < -0.4 is 0 Å². The van der Waals surface area contributed by atoms with Crippen molar-refractivity contribution in [2.45, 2.75) is 10.6 Å². The van der Waals surface area contributed by atoms with Crippen LogP contribution in [0, 0.1) is 0 Å². The fourth-order valence-corrected chi connectivity index (χ4v) is 3.03. The molecule has 1 unspecified atom stereocenters. The fraction of sp³-hybridized carbons (Fsp3) is 0.0714. The second-order valence-corrected chi connectivity index (χ2v) is 5.84. The highest BCUT2D eigenvalue weighted by molar-refractivity contribution is 7.84. The van der Waals surface area contributed by atoms with Gasteiger partial charge in [0.25, 0.3) is 0 Å². The molecule has 0 bridgehead atoms. The van der Waals surface area contributed by atoms with Gasteiger partial charge in [0.2, 0.25) is 0 Å². The monoisotopic (exact) mass is 294 g/mol. The molecule has 0 amide bonds. The second-order valence-electron chi connectivity index (χ2n) is 3.95. The second kappa shape index (κ2) is 5.99. The molecule has 0 fully saturated rings. The van der Waals surface area contributed by atoms with E-state index in [0.29, 0.717) is 9.92 Å². The van der Waals surface area contributed by atoms with Gasteiger partial charge in [0.15, 0.2) is 0 Å². The Bertz CT molecular complexity index is 640. The van der Waals surface area contributed by atoms with E-state index in [-0.39, 0.29) is 11.3 Å². The molecule has 3 nitrogen and oxygen atoms in total. The number of rotatable bonds is 4. The minimum atomic E-state index is -1.24. The highest BCUT2D eigenvalue weighted by Gasteiger charge is 2.08. The SMILES string of the molecule is O=C(O)c1cccc(CS(=O)c2cccc(Cl)c2)c1. The molecule has 2 aromatic carbocycles. The van der Waals surface area contributed by atoms with E-state index >= 15 is 0 Å². The predicted molar refractivity (Wildman–Crippen MR) is 75.0 cm³/mol. The first-order valence-electron chi connectivity index (χ1n) is 5.52. The van der Waals surface area contributed by atoms with Crippen LogP contribution in [0.3, 0.4) is 0 Å². The Balaban J connectivity index is 2.19. The standard InChI is InChI=1S/C14H11ClO3S/c15-12-5-2-6-13(8-12)19(18)9-10-3-1-4-11(7-10)14(16)17/h1-8H,9H2,(H,16,17). The van der Waals surface area contributed by atoms with Crippen LogP contribution in [-0.4, -0.2) is 15.3 Å². The molecule has 0 aromatic heterocycles. The van der Waals surface area contributed by atoms with Crippen molar-refractivity contribution in [1.82, 2.24) is 0 Å². The Labute approximate surface area is 118 Å². The molecule has 5 heteroatoms. The van der Waals surface area contributed by atoms with Crippen LogP contribution in [0.4, 0.5) is 0 Å². The van der Waals surface area contributed by atoms with Crippen molar-refractivity contribution in [1.29, 1.82) is 0 Å². The molecular formula is C14H11ClO3S. The third kappa shape index (κ3) is 3.66. The van der Waals surface area contributed by atoms with Crippen molar-refractivity contribution in [3.05, 3.63) is 64.7 Å². The van der Waals surface area contributed by atoms with Crippen LogP contribution in [-0.2, 0) is 16.6 Å². The van der Waals surface area contributed by atoms with Crippen molar-refractivity contribution >= 4 is 28.4 Å². The molecular weight excluding hydrogens is 284 g/mol. The summed E-state index contributed by atoms with van der Waals surface area (Å²) in [5.41, 5.74) is 0.916. The lowest BCUT2D eigenvalue weighted by Gasteiger charge is -2.04. The Morgan fingerprint density at radius 1 is 1.16 bits per heavy atom. The molecule has 0 saturated carbocycles. The first kappa shape index (κ1) is 13.8. The van der Waals surface area contributed by atoms with Gasteiger partial charge >= 0.3 is 5.97 Å². The van der Waals surface area contributed by atoms with E-state index in [4.69, 9.17) is 16.7 Å². The summed E-state index contributed by atoms with van der Waals surface area (Å²) in [5.74, 6) is -0.725. The summed E-state index contributed by atoms with van der Waals surface area (Å²) in [6.45, 7) is 0. The molecule has 1 atom stereocenters. The average molecular weight is 295 g/mol. The lowest BCUT2D eigenvalue weighted by Crippen LogP contribution is -2.00. The van der Waals surface area contributed by atoms with E-state index in [0.717, 1.165) is 5.56 Å². The molecule has 2 aromatic rings. The summed E-state index contributed by atoms with van der Waals surface area (Å²) in [6.07, 6.45) is 0. The van der Waals surface area contributed by atoms with Gasteiger partial charge in [-0.2, -0.15) is 0 Å². The number of carboxylic acids is 1. The Morgan fingerprint density at radius 2 is 1.89 bits per heavy atom. The zero-order valence-electron chi connectivity index (χ0n) is 9.88. The number of halogens is 1. The molecule has 0 saturated heterocycles. The van der Waals surface area contributed by atoms with Gasteiger partial charge in [0, 0.05) is 9.92 Å². The summed E-state index contributed by atoms with van der Waals surface area (Å²) in [4.78, 5) is 11.5. The summed E-state index contributed by atoms with van der Waals surface area (Å²) in [7, 11) is -1.24. The van der Waals surface area contributed by atoms with Gasteiger partial charge in [-0.15, -0.1) is 0 Å². The molecule has 0 heterocycles. The third-order valence-electron chi connectivity index (χ3n) is 2.53. The largest absolute Gasteiger partial charge is 0.478 e. The van der Waals surface area contributed by atoms with Crippen molar-refractivity contribution < 1.29 is 14.1 Å². The van der Waals surface area contributed by atoms with Crippen molar-refractivity contribution in [3.63, 3.8) is 0 Å². The number of aromatic carboxylic acids is 1. The molecule has 1 N–H and O–H groups in total. The first-order chi connectivity index (χ1) is 9.06. The highest BCUT2D eigenvalue weighted by Crippen LogP contribution is 2.17. The smallest absolute Gasteiger partial charge is 0.335 e. The summed E-state index contributed by atoms with van der Waals surface area (Å²) in [6, 6.07) is 13.3. The van der Waals surface area contributed by atoms with Gasteiger partial charge in [-0.3, -0.25) is 4.21 Å². The number of benzene rings is 2. The lowest BCUT2D eigenvalue weighted by molar-refractivity contribution is 0.0697. The van der Waals surface area contributed by atoms with Crippen LogP contribution in [0.2, 0.25) is 5.02 Å². The van der Waals surface area contributed by atoms with Crippen LogP contribution in [0.5, 0.6) is 0 Å². The summed E-state index contributed by atoms with van der Waals surface area (Å²) < 4.78 is 12.2. The lowest BCUT2D eigenvalue weighted by atomic mass is 10.1. The van der Waals surface area contributed by atoms with Crippen molar-refractivity contribution in [2.75, 3.05) is 0 Å². The van der Waals surface area contributed by atoms with Gasteiger partial charge in [0.05, 0.1) is 22.1 Å². The molecule has 0 radical (unpaired) electrons. The molecule has 0 aliphatic heterocycles. The van der Waals surface area contributed by atoms with Crippen LogP contribution in [0.1, 0.15) is 15.9 Å². The number of carboxylic acid groups (broad SMARTS) is 1. The predicted octanol–water partition coefficient (Wildman–Crippen LogP) is 3.35. The third-order valence-corrected chi connectivity index (χ3v) is 4.14. The number of carbonyl (C=O) groups is 1. The molecule has 0 aliphatic carbocycles. The van der Waals surface area contributed by atoms with E-state index in [1.807, 2.05) is 0 Å². The first-order valence-corrected chi connectivity index (χ1v) is 7.22. The van der Waals surface area contributed by atoms with E-state index in [1.54, 1.807) is 36.4 Å². The van der Waals surface area contributed by atoms with E-state index < -0.39 is 16.8 Å². The maximum absolute atomic E-state index is 12.2. The topological polar surface area (TPSA) is 54.4 Å². The van der Waals surface area contributed by atoms with Gasteiger partial charge in [-0.05, 0) is 35.9 Å². The van der Waals surface area contributed by atoms with Crippen LogP contribution in [0.25, 0.3) is 0 Å². The zero-order chi connectivity index (χ0) is 13.8. The molecule has 2 rings (SSSR count). The average Bonchev–Trinajstić information content (AvgIpc) is 2.39. The number of hydrogen-bond donors (Lipinski definition) is 1. The minimum absolute atomic E-state index is 0.195. The van der Waals surface area contributed by atoms with Gasteiger partial charge in [-0.25, -0.2) is 4.79 Å². The number of hydrogen-bond acceptors (Lipinski definition) is 2. The maximum Gasteiger partial charge on any atom is 0.335 e. The van der Waals surface area contributed by atoms with Crippen LogP contribution in [0.15, 0.2) is 53.4 Å². The summed E-state index contributed by atoms with van der Waals surface area (Å²) >= 11 is 5.85. The minimum Gasteiger partial charge on any atom is -0.478 e. The van der Waals surface area contributed by atoms with Gasteiger partial charge < -0.3 is 5.11 Å². The Kier molecular flexibility index (Phi) is 4.35. The Morgan fingerprint density at radius 3 is 2.58 bits per heavy atom. The highest BCUT2D eigenvalue weighted by atomic mass is 35.5. The molecule has 0 aliphatic rings. The zero-order valence-corrected chi connectivity index (χ0v) is 11.4. The Hall–Kier alpha value is -1.65. The van der Waals surface area contributed by atoms with Crippen molar-refractivity contribution in [2.24, 2.45) is 0 Å². The van der Waals surface area contributed by atoms with Crippen molar-refractivity contribution in [3.8, 4) is 0 Å². The fourth-order valence-electron chi connectivity index (χ4n) is 1.64. The summed E-state index contributed by atoms with van der Waals surface area (Å²) in [5, 5.41) is 9.44. The quantitative estimate of drug-likeness (QED) is 0.941. The van der Waals surface area contributed by atoms with Gasteiger partial charge in [0.1, 0.15) is 0 Å². The van der Waals surface area contributed by atoms with Gasteiger partial charge in [-0.1, -0.05) is 29.8 Å². The van der Waals surface area contributed by atoms with Crippen LogP contribution >= 0.6 is 11.6 Å². The molecule has 98 valence electrons. The van der Waals surface area contributed by atoms with E-state index in [2.05, 4.69) is 0 Å². The van der Waals surface area contributed by atoms with E-state index in [9.17, 15) is 9.00 Å². The molecule has 0 spiro atoms. The molecule has 19 heavy (non-hydrogen) atoms.